The van der Waals surface area contributed by atoms with Gasteiger partial charge in [0.2, 0.25) is 0 Å². The molecule has 1 aromatic heterocycles. The lowest BCUT2D eigenvalue weighted by Gasteiger charge is -2.34. The zero-order valence-electron chi connectivity index (χ0n) is 13.2. The number of carbonyl (C=O) groups excluding carboxylic acids is 1. The third kappa shape index (κ3) is 3.59. The Labute approximate surface area is 140 Å². The Hall–Kier alpha value is -2.35. The molecule has 7 heteroatoms. The van der Waals surface area contributed by atoms with Gasteiger partial charge in [0.1, 0.15) is 5.69 Å². The fourth-order valence-corrected chi connectivity index (χ4v) is 3.06. The average Bonchev–Trinajstić information content (AvgIpc) is 2.63. The predicted octanol–water partition coefficient (Wildman–Crippen LogP) is 2.27. The van der Waals surface area contributed by atoms with Gasteiger partial charge < -0.3 is 0 Å². The quantitative estimate of drug-likeness (QED) is 0.661. The second-order valence-corrected chi connectivity index (χ2v) is 5.80. The molecule has 2 N–H and O–H groups in total. The van der Waals surface area contributed by atoms with E-state index in [-0.39, 0.29) is 11.7 Å². The van der Waals surface area contributed by atoms with Crippen molar-refractivity contribution in [1.29, 1.82) is 0 Å². The van der Waals surface area contributed by atoms with E-state index in [4.69, 9.17) is 10.4 Å². The molecule has 0 saturated carbocycles. The number of aromatic nitrogens is 2. The molecule has 126 valence electrons. The van der Waals surface area contributed by atoms with E-state index < -0.39 is 11.1 Å². The summed E-state index contributed by atoms with van der Waals surface area (Å²) in [7, 11) is 0. The summed E-state index contributed by atoms with van der Waals surface area (Å²) in [5, 5.41) is 17.4. The van der Waals surface area contributed by atoms with Crippen LogP contribution in [0.3, 0.4) is 0 Å². The molecule has 2 aromatic rings. The molecule has 0 aliphatic carbocycles. The van der Waals surface area contributed by atoms with E-state index in [1.54, 1.807) is 0 Å². The Kier molecular flexibility index (Phi) is 5.14. The van der Waals surface area contributed by atoms with E-state index in [2.05, 4.69) is 14.9 Å². The van der Waals surface area contributed by atoms with Gasteiger partial charge in [0, 0.05) is 6.20 Å². The number of hydrogen-bond acceptors (Lipinski definition) is 6. The molecule has 1 atom stereocenters. The number of amides is 1. The summed E-state index contributed by atoms with van der Waals surface area (Å²) in [6.07, 6.45) is 4.91. The molecule has 24 heavy (non-hydrogen) atoms. The first kappa shape index (κ1) is 16.5. The van der Waals surface area contributed by atoms with Crippen LogP contribution in [0.25, 0.3) is 0 Å². The fraction of sp³-hybridized carbons (Fsp3) is 0.353. The van der Waals surface area contributed by atoms with Gasteiger partial charge in [-0.05, 0) is 37.6 Å². The van der Waals surface area contributed by atoms with Gasteiger partial charge >= 0.3 is 5.91 Å². The zero-order chi connectivity index (χ0) is 16.9. The Bertz CT molecular complexity index is 687. The van der Waals surface area contributed by atoms with Gasteiger partial charge in [0.05, 0.1) is 6.04 Å². The van der Waals surface area contributed by atoms with Crippen LogP contribution < -0.4 is 0 Å². The van der Waals surface area contributed by atoms with Crippen molar-refractivity contribution in [2.45, 2.75) is 25.3 Å². The highest BCUT2D eigenvalue weighted by molar-refractivity contribution is 5.90. The van der Waals surface area contributed by atoms with Crippen molar-refractivity contribution in [1.82, 2.24) is 20.1 Å². The molecule has 7 nitrogen and oxygen atoms in total. The third-order valence-corrected chi connectivity index (χ3v) is 4.19. The van der Waals surface area contributed by atoms with Crippen LogP contribution in [0.1, 0.15) is 47.2 Å². The first-order valence-electron chi connectivity index (χ1n) is 8.01. The highest BCUT2D eigenvalue weighted by Crippen LogP contribution is 2.29. The fourth-order valence-electron chi connectivity index (χ4n) is 3.06. The van der Waals surface area contributed by atoms with Gasteiger partial charge in [0.15, 0.2) is 5.82 Å². The topological polar surface area (TPSA) is 89.8 Å². The van der Waals surface area contributed by atoms with E-state index in [1.807, 2.05) is 30.3 Å². The van der Waals surface area contributed by atoms with Crippen LogP contribution in [0.15, 0.2) is 42.6 Å². The standard InChI is InChI=1S/C17H20N4O3/c22-17(21(23)24)14-9-10-18-16(19-14)15(13-7-3-1-4-8-13)20-11-5-2-6-12-20/h1,3-4,7-10,15,23-24H,2,5-6,11-12H2. The molecule has 1 unspecified atom stereocenters. The molecular weight excluding hydrogens is 308 g/mol. The first-order chi connectivity index (χ1) is 11.7. The Morgan fingerprint density at radius 2 is 1.79 bits per heavy atom. The lowest BCUT2D eigenvalue weighted by atomic mass is 10.0. The Morgan fingerprint density at radius 3 is 2.46 bits per heavy atom. The minimum atomic E-state index is -0.982. The number of hydrogen-bond donors (Lipinski definition) is 2. The highest BCUT2D eigenvalue weighted by Gasteiger charge is 2.27. The van der Waals surface area contributed by atoms with E-state index in [1.165, 1.54) is 18.7 Å². The minimum Gasteiger partial charge on any atom is -0.290 e. The van der Waals surface area contributed by atoms with Crippen molar-refractivity contribution in [2.75, 3.05) is 13.1 Å². The normalized spacial score (nSPS) is 16.6. The molecule has 0 spiro atoms. The molecule has 1 saturated heterocycles. The van der Waals surface area contributed by atoms with Crippen molar-refractivity contribution < 1.29 is 15.2 Å². The summed E-state index contributed by atoms with van der Waals surface area (Å²) in [5.41, 5.74) is 0.997. The Balaban J connectivity index is 1.99. The lowest BCUT2D eigenvalue weighted by Crippen LogP contribution is -2.35. The molecule has 1 aliphatic rings. The summed E-state index contributed by atoms with van der Waals surface area (Å²) in [6, 6.07) is 11.1. The largest absolute Gasteiger partial charge is 0.321 e. The first-order valence-corrected chi connectivity index (χ1v) is 8.01. The van der Waals surface area contributed by atoms with Gasteiger partial charge in [-0.1, -0.05) is 42.0 Å². The average molecular weight is 328 g/mol. The highest BCUT2D eigenvalue weighted by atomic mass is 16.8. The molecule has 1 aliphatic heterocycles. The maximum atomic E-state index is 11.8. The number of benzene rings is 1. The smallest absolute Gasteiger partial charge is 0.290 e. The van der Waals surface area contributed by atoms with Crippen molar-refractivity contribution in [3.8, 4) is 0 Å². The van der Waals surface area contributed by atoms with Crippen LogP contribution in [-0.2, 0) is 0 Å². The van der Waals surface area contributed by atoms with Crippen LogP contribution in [-0.4, -0.2) is 49.5 Å². The number of hydroxylamine groups is 2. The summed E-state index contributed by atoms with van der Waals surface area (Å²) < 4.78 is 0. The Morgan fingerprint density at radius 1 is 1.08 bits per heavy atom. The summed E-state index contributed by atoms with van der Waals surface area (Å²) >= 11 is 0. The molecule has 3 rings (SSSR count). The van der Waals surface area contributed by atoms with Gasteiger partial charge in [0.25, 0.3) is 0 Å². The van der Waals surface area contributed by atoms with Crippen LogP contribution in [0.2, 0.25) is 0 Å². The summed E-state index contributed by atoms with van der Waals surface area (Å²) in [4.78, 5) is 22.7. The SMILES string of the molecule is O=C(c1ccnc(C(c2ccccc2)N2CCCCC2)n1)N(O)O. The van der Waals surface area contributed by atoms with E-state index in [0.717, 1.165) is 31.5 Å². The second kappa shape index (κ2) is 7.48. The third-order valence-electron chi connectivity index (χ3n) is 4.19. The van der Waals surface area contributed by atoms with Crippen LogP contribution >= 0.6 is 0 Å². The van der Waals surface area contributed by atoms with Gasteiger partial charge in [-0.3, -0.25) is 20.1 Å². The van der Waals surface area contributed by atoms with Crippen molar-refractivity contribution in [2.24, 2.45) is 0 Å². The predicted molar refractivity (Wildman–Crippen MR) is 85.5 cm³/mol. The maximum absolute atomic E-state index is 11.8. The van der Waals surface area contributed by atoms with Crippen LogP contribution in [0, 0.1) is 0 Å². The number of piperidine rings is 1. The molecule has 0 bridgehead atoms. The molecule has 1 fully saturated rings. The maximum Gasteiger partial charge on any atom is 0.321 e. The van der Waals surface area contributed by atoms with Crippen LogP contribution in [0.4, 0.5) is 0 Å². The monoisotopic (exact) mass is 328 g/mol. The lowest BCUT2D eigenvalue weighted by molar-refractivity contribution is -0.260. The van der Waals surface area contributed by atoms with Gasteiger partial charge in [-0.15, -0.1) is 0 Å². The van der Waals surface area contributed by atoms with E-state index in [0.29, 0.717) is 5.82 Å². The molecule has 1 amide bonds. The summed E-state index contributed by atoms with van der Waals surface area (Å²) in [5.74, 6) is -0.500. The minimum absolute atomic E-state index is 0.0528. The second-order valence-electron chi connectivity index (χ2n) is 5.80. The van der Waals surface area contributed by atoms with Crippen LogP contribution in [0.5, 0.6) is 0 Å². The number of rotatable bonds is 4. The number of nitrogens with zero attached hydrogens (tertiary/aromatic N) is 4. The molecule has 2 heterocycles. The van der Waals surface area contributed by atoms with E-state index >= 15 is 0 Å². The van der Waals surface area contributed by atoms with Gasteiger partial charge in [-0.2, -0.15) is 0 Å². The molecule has 0 radical (unpaired) electrons. The molecular formula is C17H20N4O3. The summed E-state index contributed by atoms with van der Waals surface area (Å²) in [6.45, 7) is 1.88. The van der Waals surface area contributed by atoms with Crippen molar-refractivity contribution in [3.05, 3.63) is 59.7 Å². The number of carbonyl (C=O) groups is 1. The van der Waals surface area contributed by atoms with Gasteiger partial charge in [-0.25, -0.2) is 9.97 Å². The van der Waals surface area contributed by atoms with E-state index in [9.17, 15) is 4.79 Å². The number of likely N-dealkylation sites (tertiary alicyclic amines) is 1. The van der Waals surface area contributed by atoms with Crippen molar-refractivity contribution >= 4 is 5.91 Å². The molecule has 1 aromatic carbocycles. The van der Waals surface area contributed by atoms with Crippen molar-refractivity contribution in [3.63, 3.8) is 0 Å². The zero-order valence-corrected chi connectivity index (χ0v) is 13.2.